The van der Waals surface area contributed by atoms with E-state index < -0.39 is 0 Å². The molecule has 70 valence electrons. The molecule has 0 unspecified atom stereocenters. The van der Waals surface area contributed by atoms with E-state index >= 15 is 0 Å². The van der Waals surface area contributed by atoms with Crippen LogP contribution in [-0.4, -0.2) is 28.2 Å². The summed E-state index contributed by atoms with van der Waals surface area (Å²) < 4.78 is 0. The van der Waals surface area contributed by atoms with Crippen molar-refractivity contribution in [2.75, 3.05) is 7.05 Å². The molecular weight excluding hydrogens is 166 g/mol. The van der Waals surface area contributed by atoms with Gasteiger partial charge in [0.25, 0.3) is 0 Å². The molecule has 4 nitrogen and oxygen atoms in total. The van der Waals surface area contributed by atoms with Crippen molar-refractivity contribution in [3.05, 3.63) is 24.3 Å². The van der Waals surface area contributed by atoms with Crippen LogP contribution in [-0.2, 0) is 5.54 Å². The maximum atomic E-state index is 9.28. The molecule has 1 aromatic rings. The molecule has 0 saturated heterocycles. The third-order valence-electron chi connectivity index (χ3n) is 2.64. The number of nitrogens with zero attached hydrogens (tertiary/aromatic N) is 2. The van der Waals surface area contributed by atoms with Crippen molar-refractivity contribution in [1.82, 2.24) is 15.3 Å². The Balaban J connectivity index is 2.24. The van der Waals surface area contributed by atoms with Gasteiger partial charge in [0.15, 0.2) is 0 Å². The number of hydrogen-bond acceptors (Lipinski definition) is 4. The van der Waals surface area contributed by atoms with Crippen molar-refractivity contribution in [3.63, 3.8) is 0 Å². The average molecular weight is 179 g/mol. The second-order valence-electron chi connectivity index (χ2n) is 3.47. The summed E-state index contributed by atoms with van der Waals surface area (Å²) >= 11 is 0. The first-order valence-corrected chi connectivity index (χ1v) is 4.41. The van der Waals surface area contributed by atoms with Crippen LogP contribution in [0.3, 0.4) is 0 Å². The summed E-state index contributed by atoms with van der Waals surface area (Å²) in [5.41, 5.74) is -0.194. The quantitative estimate of drug-likeness (QED) is 0.673. The van der Waals surface area contributed by atoms with Gasteiger partial charge < -0.3 is 10.4 Å². The van der Waals surface area contributed by atoms with Crippen molar-refractivity contribution in [3.8, 4) is 0 Å². The predicted octanol–water partition coefficient (Wildman–Crippen LogP) is 0.0460. The van der Waals surface area contributed by atoms with E-state index in [0.29, 0.717) is 12.8 Å². The van der Waals surface area contributed by atoms with Crippen molar-refractivity contribution < 1.29 is 5.11 Å². The summed E-state index contributed by atoms with van der Waals surface area (Å²) in [6, 6.07) is 1.79. The van der Waals surface area contributed by atoms with E-state index in [1.54, 1.807) is 18.5 Å². The van der Waals surface area contributed by atoms with Crippen molar-refractivity contribution >= 4 is 0 Å². The Morgan fingerprint density at radius 2 is 2.08 bits per heavy atom. The Labute approximate surface area is 77.0 Å². The maximum Gasteiger partial charge on any atom is 0.148 e. The van der Waals surface area contributed by atoms with Gasteiger partial charge in [0.1, 0.15) is 5.82 Å². The SMILES string of the molecule is CNC1(c2ncccn2)CC(O)C1. The van der Waals surface area contributed by atoms with Gasteiger partial charge in [-0.1, -0.05) is 0 Å². The minimum absolute atomic E-state index is 0.194. The average Bonchev–Trinajstić information content (AvgIpc) is 2.14. The Morgan fingerprint density at radius 1 is 1.46 bits per heavy atom. The van der Waals surface area contributed by atoms with Gasteiger partial charge in [-0.15, -0.1) is 0 Å². The van der Waals surface area contributed by atoms with Gasteiger partial charge in [-0.25, -0.2) is 9.97 Å². The van der Waals surface area contributed by atoms with E-state index in [9.17, 15) is 5.11 Å². The van der Waals surface area contributed by atoms with Gasteiger partial charge in [0.2, 0.25) is 0 Å². The normalized spacial score (nSPS) is 32.6. The molecule has 1 aliphatic rings. The minimum Gasteiger partial charge on any atom is -0.393 e. The summed E-state index contributed by atoms with van der Waals surface area (Å²) in [5.74, 6) is 0.780. The first-order chi connectivity index (χ1) is 6.27. The zero-order valence-corrected chi connectivity index (χ0v) is 7.57. The standard InChI is InChI=1S/C9H13N3O/c1-10-9(5-7(13)6-9)8-11-3-2-4-12-8/h2-4,7,10,13H,5-6H2,1H3. The van der Waals surface area contributed by atoms with Crippen molar-refractivity contribution in [2.45, 2.75) is 24.5 Å². The van der Waals surface area contributed by atoms with E-state index in [0.717, 1.165) is 5.82 Å². The fraction of sp³-hybridized carbons (Fsp3) is 0.556. The van der Waals surface area contributed by atoms with Gasteiger partial charge in [0, 0.05) is 12.4 Å². The second kappa shape index (κ2) is 3.05. The number of hydrogen-bond donors (Lipinski definition) is 2. The summed E-state index contributed by atoms with van der Waals surface area (Å²) in [7, 11) is 1.88. The number of aromatic nitrogens is 2. The van der Waals surface area contributed by atoms with Crippen LogP contribution in [0.4, 0.5) is 0 Å². The molecule has 1 fully saturated rings. The molecule has 1 heterocycles. The van der Waals surface area contributed by atoms with Crippen LogP contribution in [0, 0.1) is 0 Å². The summed E-state index contributed by atoms with van der Waals surface area (Å²) in [6.45, 7) is 0. The van der Waals surface area contributed by atoms with Gasteiger partial charge in [-0.3, -0.25) is 0 Å². The highest BCUT2D eigenvalue weighted by Gasteiger charge is 2.45. The topological polar surface area (TPSA) is 58.0 Å². The van der Waals surface area contributed by atoms with E-state index in [1.165, 1.54) is 0 Å². The first kappa shape index (κ1) is 8.59. The van der Waals surface area contributed by atoms with E-state index in [-0.39, 0.29) is 11.6 Å². The molecule has 2 rings (SSSR count). The van der Waals surface area contributed by atoms with Gasteiger partial charge >= 0.3 is 0 Å². The van der Waals surface area contributed by atoms with Crippen molar-refractivity contribution in [2.24, 2.45) is 0 Å². The number of rotatable bonds is 2. The molecule has 4 heteroatoms. The third kappa shape index (κ3) is 1.32. The number of nitrogens with one attached hydrogen (secondary N) is 1. The van der Waals surface area contributed by atoms with E-state index in [2.05, 4.69) is 15.3 Å². The smallest absolute Gasteiger partial charge is 0.148 e. The zero-order valence-electron chi connectivity index (χ0n) is 7.57. The van der Waals surface area contributed by atoms with Crippen molar-refractivity contribution in [1.29, 1.82) is 0 Å². The molecule has 0 spiro atoms. The largest absolute Gasteiger partial charge is 0.393 e. The van der Waals surface area contributed by atoms with Gasteiger partial charge in [0.05, 0.1) is 11.6 Å². The molecule has 0 bridgehead atoms. The molecule has 1 saturated carbocycles. The Kier molecular flexibility index (Phi) is 2.01. The molecule has 0 amide bonds. The second-order valence-corrected chi connectivity index (χ2v) is 3.47. The molecule has 13 heavy (non-hydrogen) atoms. The minimum atomic E-state index is -0.212. The van der Waals surface area contributed by atoms with Gasteiger partial charge in [-0.2, -0.15) is 0 Å². The Morgan fingerprint density at radius 3 is 2.54 bits per heavy atom. The van der Waals surface area contributed by atoms with Crippen LogP contribution < -0.4 is 5.32 Å². The lowest BCUT2D eigenvalue weighted by molar-refractivity contribution is -0.00156. The highest BCUT2D eigenvalue weighted by atomic mass is 16.3. The lowest BCUT2D eigenvalue weighted by atomic mass is 9.73. The highest BCUT2D eigenvalue weighted by Crippen LogP contribution is 2.38. The van der Waals surface area contributed by atoms with Crippen LogP contribution in [0.5, 0.6) is 0 Å². The summed E-state index contributed by atoms with van der Waals surface area (Å²) in [5, 5.41) is 12.5. The monoisotopic (exact) mass is 179 g/mol. The molecule has 0 atom stereocenters. The molecule has 2 N–H and O–H groups in total. The molecule has 1 aromatic heterocycles. The third-order valence-corrected chi connectivity index (χ3v) is 2.64. The van der Waals surface area contributed by atoms with Crippen LogP contribution in [0.2, 0.25) is 0 Å². The fourth-order valence-corrected chi connectivity index (χ4v) is 1.79. The fourth-order valence-electron chi connectivity index (χ4n) is 1.79. The van der Waals surface area contributed by atoms with Gasteiger partial charge in [-0.05, 0) is 26.0 Å². The number of aliphatic hydroxyl groups excluding tert-OH is 1. The summed E-state index contributed by atoms with van der Waals surface area (Å²) in [4.78, 5) is 8.39. The summed E-state index contributed by atoms with van der Waals surface area (Å²) in [6.07, 6.45) is 4.65. The van der Waals surface area contributed by atoms with Crippen LogP contribution >= 0.6 is 0 Å². The molecule has 0 aliphatic heterocycles. The zero-order chi connectivity index (χ0) is 9.31. The highest BCUT2D eigenvalue weighted by molar-refractivity contribution is 5.13. The van der Waals surface area contributed by atoms with E-state index in [1.807, 2.05) is 7.05 Å². The molecule has 0 aromatic carbocycles. The van der Waals surface area contributed by atoms with Crippen LogP contribution in [0.1, 0.15) is 18.7 Å². The van der Waals surface area contributed by atoms with Crippen LogP contribution in [0.25, 0.3) is 0 Å². The number of aliphatic hydroxyl groups is 1. The predicted molar refractivity (Wildman–Crippen MR) is 48.0 cm³/mol. The van der Waals surface area contributed by atoms with E-state index in [4.69, 9.17) is 0 Å². The Hall–Kier alpha value is -1.00. The van der Waals surface area contributed by atoms with Crippen LogP contribution in [0.15, 0.2) is 18.5 Å². The Bertz CT molecular complexity index is 282. The lowest BCUT2D eigenvalue weighted by Gasteiger charge is -2.43. The molecule has 1 aliphatic carbocycles. The lowest BCUT2D eigenvalue weighted by Crippen LogP contribution is -2.54. The molecular formula is C9H13N3O. The maximum absolute atomic E-state index is 9.28. The first-order valence-electron chi connectivity index (χ1n) is 4.41. The molecule has 0 radical (unpaired) electrons.